The maximum Gasteiger partial charge on any atom is 0.328 e. The zero-order chi connectivity index (χ0) is 21.8. The minimum Gasteiger partial charge on any atom is -0.465 e. The zero-order valence-electron chi connectivity index (χ0n) is 18.8. The Labute approximate surface area is 184 Å². The zero-order valence-corrected chi connectivity index (χ0v) is 18.8. The Morgan fingerprint density at radius 2 is 1.65 bits per heavy atom. The average Bonchev–Trinajstić information content (AvgIpc) is 3.31. The molecule has 0 N–H and O–H groups in total. The van der Waals surface area contributed by atoms with E-state index in [4.69, 9.17) is 14.2 Å². The van der Waals surface area contributed by atoms with Gasteiger partial charge in [0.2, 0.25) is 0 Å². The highest BCUT2D eigenvalue weighted by Crippen LogP contribution is 2.52. The third-order valence-electron chi connectivity index (χ3n) is 8.43. The van der Waals surface area contributed by atoms with Gasteiger partial charge in [0.15, 0.2) is 5.41 Å². The molecule has 1 aromatic rings. The standard InChI is InChI=1S/C25H34NO5/c1-4-29-23(27)25(17-12-8-9-13-17,16-10-6-5-7-11-16)24(28)30-18-14-19-21-22(31-21)20(15-18)26(19,2)3/h5-7,10-11,17-22H,4,8-9,12-15H2,1-3H3/q+1/t18?,19-,20+,21-,22+,25?. The van der Waals surface area contributed by atoms with Crippen LogP contribution < -0.4 is 0 Å². The summed E-state index contributed by atoms with van der Waals surface area (Å²) in [4.78, 5) is 27.5. The highest BCUT2D eigenvalue weighted by atomic mass is 16.6. The van der Waals surface area contributed by atoms with Gasteiger partial charge in [-0.15, -0.1) is 0 Å². The fourth-order valence-corrected chi connectivity index (χ4v) is 6.74. The first kappa shape index (κ1) is 21.0. The van der Waals surface area contributed by atoms with Gasteiger partial charge in [-0.05, 0) is 31.2 Å². The number of nitrogens with zero attached hydrogens (tertiary/aromatic N) is 1. The van der Waals surface area contributed by atoms with Gasteiger partial charge < -0.3 is 18.7 Å². The number of piperidine rings is 1. The van der Waals surface area contributed by atoms with E-state index in [9.17, 15) is 9.59 Å². The lowest BCUT2D eigenvalue weighted by molar-refractivity contribution is -0.938. The van der Waals surface area contributed by atoms with Gasteiger partial charge in [0.1, 0.15) is 30.4 Å². The van der Waals surface area contributed by atoms with Crippen molar-refractivity contribution in [2.45, 2.75) is 81.3 Å². The molecule has 0 amide bonds. The minimum absolute atomic E-state index is 0.0919. The molecule has 0 radical (unpaired) electrons. The fraction of sp³-hybridized carbons (Fsp3) is 0.680. The Kier molecular flexibility index (Phi) is 5.13. The van der Waals surface area contributed by atoms with Crippen LogP contribution in [0.2, 0.25) is 0 Å². The predicted octanol–water partition coefficient (Wildman–Crippen LogP) is 2.98. The summed E-state index contributed by atoms with van der Waals surface area (Å²) in [6, 6.07) is 10.1. The van der Waals surface area contributed by atoms with Gasteiger partial charge in [-0.25, -0.2) is 0 Å². The van der Waals surface area contributed by atoms with Crippen molar-refractivity contribution < 1.29 is 28.3 Å². The van der Waals surface area contributed by atoms with Gasteiger partial charge in [0.05, 0.1) is 20.7 Å². The van der Waals surface area contributed by atoms with Crippen LogP contribution in [0, 0.1) is 5.92 Å². The van der Waals surface area contributed by atoms with E-state index in [1.807, 2.05) is 30.3 Å². The first-order valence-electron chi connectivity index (χ1n) is 11.8. The van der Waals surface area contributed by atoms with Crippen molar-refractivity contribution in [2.75, 3.05) is 20.7 Å². The number of epoxide rings is 1. The summed E-state index contributed by atoms with van der Waals surface area (Å²) < 4.78 is 18.6. The number of esters is 2. The van der Waals surface area contributed by atoms with Crippen LogP contribution >= 0.6 is 0 Å². The molecular weight excluding hydrogens is 394 g/mol. The number of carbonyl (C=O) groups excluding carboxylic acids is 2. The number of benzene rings is 1. The first-order valence-corrected chi connectivity index (χ1v) is 11.8. The lowest BCUT2D eigenvalue weighted by Crippen LogP contribution is -2.60. The Bertz CT molecular complexity index is 829. The number of rotatable bonds is 6. The normalized spacial score (nSPS) is 35.1. The molecule has 4 aliphatic rings. The summed E-state index contributed by atoms with van der Waals surface area (Å²) in [6.07, 6.45) is 5.69. The first-order chi connectivity index (χ1) is 14.9. The number of hydrogen-bond acceptors (Lipinski definition) is 5. The maximum atomic E-state index is 14.0. The number of hydrogen-bond donors (Lipinski definition) is 0. The third-order valence-corrected chi connectivity index (χ3v) is 8.43. The van der Waals surface area contributed by atoms with Gasteiger partial charge in [0, 0.05) is 12.8 Å². The molecule has 6 atom stereocenters. The smallest absolute Gasteiger partial charge is 0.328 e. The van der Waals surface area contributed by atoms with Crippen molar-refractivity contribution in [3.8, 4) is 0 Å². The van der Waals surface area contributed by atoms with Gasteiger partial charge in [0.25, 0.3) is 0 Å². The Morgan fingerprint density at radius 1 is 1.03 bits per heavy atom. The van der Waals surface area contributed by atoms with Crippen molar-refractivity contribution in [3.05, 3.63) is 35.9 Å². The van der Waals surface area contributed by atoms with E-state index in [0.29, 0.717) is 29.9 Å². The molecule has 168 valence electrons. The van der Waals surface area contributed by atoms with Crippen LogP contribution in [0.3, 0.4) is 0 Å². The van der Waals surface area contributed by atoms with Crippen LogP contribution in [0.5, 0.6) is 0 Å². The summed E-state index contributed by atoms with van der Waals surface area (Å²) in [5.41, 5.74) is -0.681. The summed E-state index contributed by atoms with van der Waals surface area (Å²) in [7, 11) is 4.52. The average molecular weight is 429 g/mol. The van der Waals surface area contributed by atoms with Crippen LogP contribution in [0.4, 0.5) is 0 Å². The fourth-order valence-electron chi connectivity index (χ4n) is 6.74. The molecule has 1 saturated carbocycles. The molecule has 1 aromatic carbocycles. The van der Waals surface area contributed by atoms with Gasteiger partial charge in [-0.2, -0.15) is 0 Å². The van der Waals surface area contributed by atoms with E-state index in [1.165, 1.54) is 0 Å². The second kappa shape index (κ2) is 7.59. The summed E-state index contributed by atoms with van der Waals surface area (Å²) in [5, 5.41) is 0. The summed E-state index contributed by atoms with van der Waals surface area (Å²) >= 11 is 0. The number of quaternary nitrogens is 1. The molecule has 6 nitrogen and oxygen atoms in total. The topological polar surface area (TPSA) is 65.1 Å². The molecule has 3 aliphatic heterocycles. The van der Waals surface area contributed by atoms with Crippen molar-refractivity contribution in [1.29, 1.82) is 0 Å². The number of ether oxygens (including phenoxy) is 3. The molecule has 5 rings (SSSR count). The molecule has 1 aliphatic carbocycles. The molecular formula is C25H34NO5+. The van der Waals surface area contributed by atoms with Gasteiger partial charge in [-0.1, -0.05) is 43.2 Å². The molecule has 3 heterocycles. The van der Waals surface area contributed by atoms with Crippen LogP contribution in [0.15, 0.2) is 30.3 Å². The summed E-state index contributed by atoms with van der Waals surface area (Å²) in [5.74, 6) is -0.972. The number of likely N-dealkylation sites (N-methyl/N-ethyl adjacent to an activating group) is 1. The highest BCUT2D eigenvalue weighted by molar-refractivity contribution is 6.07. The number of morpholine rings is 1. The van der Waals surface area contributed by atoms with E-state index in [-0.39, 0.29) is 18.6 Å². The molecule has 0 aromatic heterocycles. The molecule has 0 spiro atoms. The molecule has 6 heteroatoms. The van der Waals surface area contributed by atoms with E-state index in [0.717, 1.165) is 43.0 Å². The Morgan fingerprint density at radius 3 is 2.23 bits per heavy atom. The van der Waals surface area contributed by atoms with Gasteiger partial charge in [-0.3, -0.25) is 9.59 Å². The second-order valence-electron chi connectivity index (χ2n) is 10.2. The molecule has 4 fully saturated rings. The quantitative estimate of drug-likeness (QED) is 0.302. The van der Waals surface area contributed by atoms with Crippen molar-refractivity contribution in [1.82, 2.24) is 0 Å². The minimum atomic E-state index is -1.38. The second-order valence-corrected chi connectivity index (χ2v) is 10.2. The van der Waals surface area contributed by atoms with Crippen LogP contribution in [-0.2, 0) is 29.2 Å². The lowest BCUT2D eigenvalue weighted by Gasteiger charge is -2.46. The van der Waals surface area contributed by atoms with Crippen molar-refractivity contribution in [2.24, 2.45) is 5.92 Å². The van der Waals surface area contributed by atoms with E-state index < -0.39 is 17.4 Å². The van der Waals surface area contributed by atoms with Crippen LogP contribution in [0.25, 0.3) is 0 Å². The highest BCUT2D eigenvalue weighted by Gasteiger charge is 2.71. The molecule has 2 bridgehead atoms. The lowest BCUT2D eigenvalue weighted by atomic mass is 9.69. The molecule has 2 unspecified atom stereocenters. The van der Waals surface area contributed by atoms with Crippen molar-refractivity contribution in [3.63, 3.8) is 0 Å². The van der Waals surface area contributed by atoms with Gasteiger partial charge >= 0.3 is 11.9 Å². The predicted molar refractivity (Wildman–Crippen MR) is 114 cm³/mol. The number of carbonyl (C=O) groups is 2. The van der Waals surface area contributed by atoms with Crippen LogP contribution in [0.1, 0.15) is 51.0 Å². The number of fused-ring (bicyclic) bond motifs is 5. The van der Waals surface area contributed by atoms with E-state index >= 15 is 0 Å². The largest absolute Gasteiger partial charge is 0.465 e. The molecule has 31 heavy (non-hydrogen) atoms. The SMILES string of the molecule is CCOC(=O)C(C(=O)OC1C[C@@H]2[C@H]3O[C@H]3[C@H](C1)[N+]2(C)C)(c1ccccc1)C1CCCC1. The van der Waals surface area contributed by atoms with Crippen LogP contribution in [-0.4, -0.2) is 67.5 Å². The van der Waals surface area contributed by atoms with Crippen molar-refractivity contribution >= 4 is 11.9 Å². The van der Waals surface area contributed by atoms with E-state index in [1.54, 1.807) is 6.92 Å². The maximum absolute atomic E-state index is 14.0. The Hall–Kier alpha value is -1.92. The molecule has 3 saturated heterocycles. The monoisotopic (exact) mass is 428 g/mol. The van der Waals surface area contributed by atoms with E-state index in [2.05, 4.69) is 14.1 Å². The Balaban J connectivity index is 1.46. The third kappa shape index (κ3) is 3.13. The summed E-state index contributed by atoms with van der Waals surface area (Å²) in [6.45, 7) is 2.03.